The average Bonchev–Trinajstić information content (AvgIpc) is 2.61. The van der Waals surface area contributed by atoms with Crippen molar-refractivity contribution in [3.63, 3.8) is 0 Å². The molecule has 118 valence electrons. The third kappa shape index (κ3) is 4.50. The predicted molar refractivity (Wildman–Crippen MR) is 88.5 cm³/mol. The van der Waals surface area contributed by atoms with Crippen LogP contribution in [0.2, 0.25) is 0 Å². The van der Waals surface area contributed by atoms with E-state index in [2.05, 4.69) is 54.1 Å². The van der Waals surface area contributed by atoms with Crippen molar-refractivity contribution in [2.24, 2.45) is 0 Å². The minimum Gasteiger partial charge on any atom is -0.309 e. The fraction of sp³-hybridized carbons (Fsp3) is 0.706. The van der Waals surface area contributed by atoms with Crippen molar-refractivity contribution in [2.75, 3.05) is 40.3 Å². The highest BCUT2D eigenvalue weighted by atomic mass is 15.2. The summed E-state index contributed by atoms with van der Waals surface area (Å²) in [6, 6.07) is 3.12. The summed E-state index contributed by atoms with van der Waals surface area (Å²) in [4.78, 5) is 9.37. The molecule has 0 amide bonds. The van der Waals surface area contributed by atoms with Crippen molar-refractivity contribution in [1.29, 1.82) is 0 Å². The van der Waals surface area contributed by atoms with E-state index >= 15 is 0 Å². The van der Waals surface area contributed by atoms with E-state index in [0.717, 1.165) is 19.5 Å². The summed E-state index contributed by atoms with van der Waals surface area (Å²) in [7, 11) is 4.49. The van der Waals surface area contributed by atoms with Gasteiger partial charge in [0.2, 0.25) is 0 Å². The van der Waals surface area contributed by atoms with Crippen LogP contribution in [0.4, 0.5) is 0 Å². The van der Waals surface area contributed by atoms with Gasteiger partial charge in [0, 0.05) is 25.0 Å². The Morgan fingerprint density at radius 1 is 1.33 bits per heavy atom. The molecule has 0 aliphatic carbocycles. The lowest BCUT2D eigenvalue weighted by atomic mass is 9.98. The SMILES string of the molecule is CCCNC(c1cncc(C)c1)C1CN(C)CCCN1C. The van der Waals surface area contributed by atoms with Gasteiger partial charge in [-0.25, -0.2) is 0 Å². The molecule has 2 atom stereocenters. The fourth-order valence-electron chi connectivity index (χ4n) is 3.19. The third-order valence-corrected chi connectivity index (χ3v) is 4.37. The summed E-state index contributed by atoms with van der Waals surface area (Å²) in [6.07, 6.45) is 6.36. The second-order valence-electron chi connectivity index (χ2n) is 6.39. The first-order valence-electron chi connectivity index (χ1n) is 8.15. The van der Waals surface area contributed by atoms with Crippen LogP contribution < -0.4 is 5.32 Å². The highest BCUT2D eigenvalue weighted by Gasteiger charge is 2.29. The Labute approximate surface area is 129 Å². The molecule has 0 bridgehead atoms. The van der Waals surface area contributed by atoms with Gasteiger partial charge in [0.1, 0.15) is 0 Å². The standard InChI is InChI=1S/C17H30N4/c1-5-7-19-17(15-10-14(2)11-18-12-15)16-13-20(3)8-6-9-21(16)4/h10-12,16-17,19H,5-9,13H2,1-4H3. The number of hydrogen-bond donors (Lipinski definition) is 1. The number of likely N-dealkylation sites (N-methyl/N-ethyl adjacent to an activating group) is 2. The van der Waals surface area contributed by atoms with Crippen LogP contribution in [0.25, 0.3) is 0 Å². The van der Waals surface area contributed by atoms with Crippen LogP contribution >= 0.6 is 0 Å². The topological polar surface area (TPSA) is 31.4 Å². The summed E-state index contributed by atoms with van der Waals surface area (Å²) in [6.45, 7) is 8.85. The first-order valence-corrected chi connectivity index (χ1v) is 8.15. The van der Waals surface area contributed by atoms with E-state index in [1.54, 1.807) is 0 Å². The second kappa shape index (κ2) is 7.87. The van der Waals surface area contributed by atoms with Crippen molar-refractivity contribution in [2.45, 2.75) is 38.8 Å². The molecule has 1 aromatic heterocycles. The lowest BCUT2D eigenvalue weighted by molar-refractivity contribution is 0.178. The molecule has 0 saturated carbocycles. The van der Waals surface area contributed by atoms with Gasteiger partial charge in [-0.3, -0.25) is 4.98 Å². The Bertz CT molecular complexity index is 435. The van der Waals surface area contributed by atoms with Gasteiger partial charge in [0.15, 0.2) is 0 Å². The minimum absolute atomic E-state index is 0.350. The number of hydrogen-bond acceptors (Lipinski definition) is 4. The molecule has 1 fully saturated rings. The number of aryl methyl sites for hydroxylation is 1. The molecular formula is C17H30N4. The lowest BCUT2D eigenvalue weighted by Gasteiger charge is -2.35. The van der Waals surface area contributed by atoms with E-state index in [1.165, 1.54) is 30.6 Å². The maximum Gasteiger partial charge on any atom is 0.0506 e. The summed E-state index contributed by atoms with van der Waals surface area (Å²) < 4.78 is 0. The quantitative estimate of drug-likeness (QED) is 0.899. The maximum atomic E-state index is 4.40. The molecule has 1 aliphatic rings. The van der Waals surface area contributed by atoms with E-state index in [-0.39, 0.29) is 0 Å². The lowest BCUT2D eigenvalue weighted by Crippen LogP contribution is -2.47. The van der Waals surface area contributed by atoms with Gasteiger partial charge < -0.3 is 15.1 Å². The zero-order chi connectivity index (χ0) is 15.2. The molecule has 2 unspecified atom stereocenters. The second-order valence-corrected chi connectivity index (χ2v) is 6.39. The van der Waals surface area contributed by atoms with Gasteiger partial charge in [0.25, 0.3) is 0 Å². The normalized spacial score (nSPS) is 23.0. The molecule has 4 heteroatoms. The van der Waals surface area contributed by atoms with Crippen molar-refractivity contribution in [3.05, 3.63) is 29.6 Å². The van der Waals surface area contributed by atoms with Gasteiger partial charge in [-0.2, -0.15) is 0 Å². The van der Waals surface area contributed by atoms with E-state index in [4.69, 9.17) is 0 Å². The van der Waals surface area contributed by atoms with Crippen LogP contribution in [-0.2, 0) is 0 Å². The molecule has 1 saturated heterocycles. The molecule has 1 N–H and O–H groups in total. The van der Waals surface area contributed by atoms with Crippen LogP contribution in [0.1, 0.15) is 36.9 Å². The van der Waals surface area contributed by atoms with Crippen molar-refractivity contribution in [3.8, 4) is 0 Å². The Morgan fingerprint density at radius 3 is 2.86 bits per heavy atom. The van der Waals surface area contributed by atoms with Crippen LogP contribution in [0.3, 0.4) is 0 Å². The van der Waals surface area contributed by atoms with Gasteiger partial charge >= 0.3 is 0 Å². The molecule has 2 rings (SSSR count). The maximum absolute atomic E-state index is 4.40. The monoisotopic (exact) mass is 290 g/mol. The summed E-state index contributed by atoms with van der Waals surface area (Å²) in [5.41, 5.74) is 2.55. The van der Waals surface area contributed by atoms with E-state index in [9.17, 15) is 0 Å². The van der Waals surface area contributed by atoms with Crippen LogP contribution in [0.15, 0.2) is 18.5 Å². The van der Waals surface area contributed by atoms with Crippen molar-refractivity contribution in [1.82, 2.24) is 20.1 Å². The number of pyridine rings is 1. The first kappa shape index (κ1) is 16.4. The predicted octanol–water partition coefficient (Wildman–Crippen LogP) is 2.07. The Hall–Kier alpha value is -0.970. The van der Waals surface area contributed by atoms with Crippen molar-refractivity contribution >= 4 is 0 Å². The number of aromatic nitrogens is 1. The van der Waals surface area contributed by atoms with E-state index < -0.39 is 0 Å². The van der Waals surface area contributed by atoms with E-state index in [1.807, 2.05) is 12.4 Å². The number of rotatable bonds is 5. The largest absolute Gasteiger partial charge is 0.309 e. The zero-order valence-electron chi connectivity index (χ0n) is 14.0. The molecule has 21 heavy (non-hydrogen) atoms. The van der Waals surface area contributed by atoms with Gasteiger partial charge in [-0.15, -0.1) is 0 Å². The smallest absolute Gasteiger partial charge is 0.0506 e. The molecule has 1 aromatic rings. The summed E-state index contributed by atoms with van der Waals surface area (Å²) in [5, 5.41) is 3.75. The zero-order valence-corrected chi connectivity index (χ0v) is 14.0. The molecular weight excluding hydrogens is 260 g/mol. The first-order chi connectivity index (χ1) is 10.1. The fourth-order valence-corrected chi connectivity index (χ4v) is 3.19. The van der Waals surface area contributed by atoms with Gasteiger partial charge in [0.05, 0.1) is 6.04 Å². The molecule has 1 aliphatic heterocycles. The van der Waals surface area contributed by atoms with Crippen LogP contribution in [0, 0.1) is 6.92 Å². The molecule has 0 radical (unpaired) electrons. The Morgan fingerprint density at radius 2 is 2.14 bits per heavy atom. The molecule has 0 spiro atoms. The Kier molecular flexibility index (Phi) is 6.15. The Balaban J connectivity index is 2.24. The average molecular weight is 290 g/mol. The highest BCUT2D eigenvalue weighted by Crippen LogP contribution is 2.23. The molecule has 0 aromatic carbocycles. The van der Waals surface area contributed by atoms with E-state index in [0.29, 0.717) is 12.1 Å². The van der Waals surface area contributed by atoms with Crippen molar-refractivity contribution < 1.29 is 0 Å². The minimum atomic E-state index is 0.350. The van der Waals surface area contributed by atoms with Crippen LogP contribution in [0.5, 0.6) is 0 Å². The highest BCUT2D eigenvalue weighted by molar-refractivity contribution is 5.22. The molecule has 4 nitrogen and oxygen atoms in total. The van der Waals surface area contributed by atoms with Crippen LogP contribution in [-0.4, -0.2) is 61.1 Å². The summed E-state index contributed by atoms with van der Waals surface area (Å²) >= 11 is 0. The third-order valence-electron chi connectivity index (χ3n) is 4.37. The molecule has 2 heterocycles. The van der Waals surface area contributed by atoms with Gasteiger partial charge in [-0.1, -0.05) is 13.0 Å². The summed E-state index contributed by atoms with van der Waals surface area (Å²) in [5.74, 6) is 0. The number of nitrogens with zero attached hydrogens (tertiary/aromatic N) is 3. The number of nitrogens with one attached hydrogen (secondary N) is 1. The van der Waals surface area contributed by atoms with Gasteiger partial charge in [-0.05, 0) is 64.6 Å².